The zero-order chi connectivity index (χ0) is 15.1. The van der Waals surface area contributed by atoms with E-state index < -0.39 is 0 Å². The van der Waals surface area contributed by atoms with Crippen molar-refractivity contribution < 1.29 is 17.0 Å². The van der Waals surface area contributed by atoms with Crippen molar-refractivity contribution in [1.82, 2.24) is 0 Å². The molecule has 0 amide bonds. The lowest BCUT2D eigenvalue weighted by Crippen LogP contribution is -3.00. The molecule has 0 atom stereocenters. The molecule has 0 aliphatic carbocycles. The number of aryl methyl sites for hydroxylation is 2. The van der Waals surface area contributed by atoms with Gasteiger partial charge in [0.2, 0.25) is 0 Å². The molecule has 2 rings (SSSR count). The van der Waals surface area contributed by atoms with E-state index in [1.54, 1.807) is 5.56 Å². The minimum atomic E-state index is 0. The molecule has 0 aromatic carbocycles. The second-order valence-corrected chi connectivity index (χ2v) is 6.62. The molecule has 1 saturated heterocycles. The number of piperidine rings is 1. The van der Waals surface area contributed by atoms with Crippen molar-refractivity contribution in [2.24, 2.45) is 5.92 Å². The zero-order valence-corrected chi connectivity index (χ0v) is 15.4. The van der Waals surface area contributed by atoms with Gasteiger partial charge in [0, 0.05) is 5.56 Å². The van der Waals surface area contributed by atoms with Gasteiger partial charge in [-0.3, -0.25) is 4.90 Å². The highest BCUT2D eigenvalue weighted by Crippen LogP contribution is 2.24. The van der Waals surface area contributed by atoms with Gasteiger partial charge in [0.25, 0.3) is 5.82 Å². The molecular weight excluding hydrogens is 292 g/mol. The van der Waals surface area contributed by atoms with Crippen molar-refractivity contribution in [3.63, 3.8) is 0 Å². The Morgan fingerprint density at radius 1 is 1.14 bits per heavy atom. The van der Waals surface area contributed by atoms with Crippen molar-refractivity contribution in [2.75, 3.05) is 18.0 Å². The van der Waals surface area contributed by atoms with Gasteiger partial charge in [-0.2, -0.15) is 0 Å². The minimum absolute atomic E-state index is 0. The summed E-state index contributed by atoms with van der Waals surface area (Å²) in [4.78, 5) is 2.64. The summed E-state index contributed by atoms with van der Waals surface area (Å²) >= 11 is 0. The van der Waals surface area contributed by atoms with Crippen LogP contribution in [0.15, 0.2) is 18.3 Å². The fraction of sp³-hybridized carbons (Fsp3) is 0.737. The van der Waals surface area contributed by atoms with Crippen LogP contribution in [0.4, 0.5) is 5.82 Å². The molecular formula is C19H33ClN2. The number of anilines is 1. The van der Waals surface area contributed by atoms with E-state index in [2.05, 4.69) is 48.6 Å². The quantitative estimate of drug-likeness (QED) is 0.542. The van der Waals surface area contributed by atoms with E-state index in [0.29, 0.717) is 0 Å². The first kappa shape index (κ1) is 19.3. The van der Waals surface area contributed by atoms with E-state index >= 15 is 0 Å². The van der Waals surface area contributed by atoms with Crippen LogP contribution in [-0.2, 0) is 13.0 Å². The predicted molar refractivity (Wildman–Crippen MR) is 90.8 cm³/mol. The topological polar surface area (TPSA) is 7.12 Å². The maximum atomic E-state index is 2.64. The number of unbranched alkanes of at least 4 members (excludes halogenated alkanes) is 3. The number of hydrogen-bond donors (Lipinski definition) is 0. The van der Waals surface area contributed by atoms with Crippen LogP contribution in [0.25, 0.3) is 0 Å². The van der Waals surface area contributed by atoms with Crippen molar-refractivity contribution in [3.05, 3.63) is 23.9 Å². The van der Waals surface area contributed by atoms with E-state index in [0.717, 1.165) is 12.5 Å². The Bertz CT molecular complexity index is 425. The third-order valence-corrected chi connectivity index (χ3v) is 4.85. The van der Waals surface area contributed by atoms with Gasteiger partial charge >= 0.3 is 0 Å². The van der Waals surface area contributed by atoms with Crippen LogP contribution in [0.2, 0.25) is 0 Å². The van der Waals surface area contributed by atoms with Crippen LogP contribution in [-0.4, -0.2) is 13.1 Å². The number of pyridine rings is 1. The maximum Gasteiger partial charge on any atom is 0.279 e. The summed E-state index contributed by atoms with van der Waals surface area (Å²) in [5.41, 5.74) is 1.56. The molecule has 126 valence electrons. The molecule has 3 heteroatoms. The number of aromatic nitrogens is 1. The van der Waals surface area contributed by atoms with Gasteiger partial charge in [-0.1, -0.05) is 33.1 Å². The van der Waals surface area contributed by atoms with Crippen LogP contribution in [0.1, 0.15) is 64.9 Å². The molecule has 1 fully saturated rings. The van der Waals surface area contributed by atoms with E-state index in [1.165, 1.54) is 63.9 Å². The molecule has 1 aromatic heterocycles. The fourth-order valence-electron chi connectivity index (χ4n) is 3.39. The summed E-state index contributed by atoms with van der Waals surface area (Å²) in [5, 5.41) is 0. The fourth-order valence-corrected chi connectivity index (χ4v) is 3.39. The smallest absolute Gasteiger partial charge is 0.279 e. The second kappa shape index (κ2) is 10.1. The lowest BCUT2D eigenvalue weighted by atomic mass is 9.98. The monoisotopic (exact) mass is 324 g/mol. The van der Waals surface area contributed by atoms with Crippen molar-refractivity contribution in [2.45, 2.75) is 72.3 Å². The molecule has 0 unspecified atom stereocenters. The van der Waals surface area contributed by atoms with E-state index in [9.17, 15) is 0 Å². The SMILES string of the molecule is CCCCCCc1ccc[n+](CC)c1N1CCC(C)CC1.[Cl-]. The van der Waals surface area contributed by atoms with E-state index in [1.807, 2.05) is 0 Å². The van der Waals surface area contributed by atoms with Crippen molar-refractivity contribution in [3.8, 4) is 0 Å². The second-order valence-electron chi connectivity index (χ2n) is 6.62. The third kappa shape index (κ3) is 5.15. The number of halogens is 1. The molecule has 0 radical (unpaired) electrons. The lowest BCUT2D eigenvalue weighted by molar-refractivity contribution is -0.681. The molecule has 22 heavy (non-hydrogen) atoms. The largest absolute Gasteiger partial charge is 1.00 e. The Kier molecular flexibility index (Phi) is 8.85. The Hall–Kier alpha value is -0.760. The average molecular weight is 325 g/mol. The van der Waals surface area contributed by atoms with E-state index in [4.69, 9.17) is 0 Å². The maximum absolute atomic E-state index is 2.64. The van der Waals surface area contributed by atoms with E-state index in [-0.39, 0.29) is 12.4 Å². The molecule has 0 spiro atoms. The van der Waals surface area contributed by atoms with Gasteiger partial charge in [0.05, 0.1) is 25.8 Å². The lowest BCUT2D eigenvalue weighted by Gasteiger charge is -2.28. The average Bonchev–Trinajstić information content (AvgIpc) is 2.52. The summed E-state index contributed by atoms with van der Waals surface area (Å²) in [6, 6.07) is 4.58. The third-order valence-electron chi connectivity index (χ3n) is 4.85. The summed E-state index contributed by atoms with van der Waals surface area (Å²) in [5.74, 6) is 2.40. The standard InChI is InChI=1S/C19H33N2.ClH/c1-4-6-7-8-10-18-11-9-14-20(5-2)19(18)21-15-12-17(3)13-16-21;/h9,11,14,17H,4-8,10,12-13,15-16H2,1-3H3;1H/q+1;/p-1. The Morgan fingerprint density at radius 3 is 2.50 bits per heavy atom. The number of nitrogens with zero attached hydrogens (tertiary/aromatic N) is 2. The van der Waals surface area contributed by atoms with Crippen LogP contribution < -0.4 is 21.9 Å². The molecule has 2 nitrogen and oxygen atoms in total. The van der Waals surface area contributed by atoms with Gasteiger partial charge in [-0.05, 0) is 50.7 Å². The number of hydrogen-bond acceptors (Lipinski definition) is 1. The zero-order valence-electron chi connectivity index (χ0n) is 14.7. The van der Waals surface area contributed by atoms with Gasteiger partial charge in [0.1, 0.15) is 0 Å². The number of rotatable bonds is 7. The van der Waals surface area contributed by atoms with Gasteiger partial charge in [-0.25, -0.2) is 4.57 Å². The van der Waals surface area contributed by atoms with Crippen LogP contribution >= 0.6 is 0 Å². The van der Waals surface area contributed by atoms with Crippen molar-refractivity contribution >= 4 is 5.82 Å². The summed E-state index contributed by atoms with van der Waals surface area (Å²) in [6.07, 6.45) is 11.6. The molecule has 0 N–H and O–H groups in total. The highest BCUT2D eigenvalue weighted by molar-refractivity contribution is 5.42. The van der Waals surface area contributed by atoms with Gasteiger partial charge in [0.15, 0.2) is 0 Å². The van der Waals surface area contributed by atoms with Gasteiger partial charge in [-0.15, -0.1) is 0 Å². The highest BCUT2D eigenvalue weighted by atomic mass is 35.5. The Morgan fingerprint density at radius 2 is 1.86 bits per heavy atom. The Balaban J connectivity index is 0.00000242. The molecule has 0 saturated carbocycles. The van der Waals surface area contributed by atoms with Gasteiger partial charge < -0.3 is 12.4 Å². The van der Waals surface area contributed by atoms with Crippen LogP contribution in [0.5, 0.6) is 0 Å². The predicted octanol–water partition coefficient (Wildman–Crippen LogP) is 1.36. The first-order valence-electron chi connectivity index (χ1n) is 9.02. The molecule has 2 heterocycles. The first-order valence-corrected chi connectivity index (χ1v) is 9.02. The Labute approximate surface area is 143 Å². The van der Waals surface area contributed by atoms with Crippen LogP contribution in [0, 0.1) is 5.92 Å². The normalized spacial score (nSPS) is 15.7. The molecule has 1 aliphatic rings. The first-order chi connectivity index (χ1) is 10.3. The highest BCUT2D eigenvalue weighted by Gasteiger charge is 2.27. The van der Waals surface area contributed by atoms with Crippen molar-refractivity contribution in [1.29, 1.82) is 0 Å². The summed E-state index contributed by atoms with van der Waals surface area (Å²) < 4.78 is 2.45. The minimum Gasteiger partial charge on any atom is -1.00 e. The summed E-state index contributed by atoms with van der Waals surface area (Å²) in [6.45, 7) is 10.5. The molecule has 1 aromatic rings. The molecule has 0 bridgehead atoms. The van der Waals surface area contributed by atoms with Crippen LogP contribution in [0.3, 0.4) is 0 Å². The summed E-state index contributed by atoms with van der Waals surface area (Å²) in [7, 11) is 0. The molecule has 1 aliphatic heterocycles.